The monoisotopic (exact) mass is 329 g/mol. The molecule has 3 fully saturated rings. The first kappa shape index (κ1) is 16.0. The van der Waals surface area contributed by atoms with Crippen LogP contribution in [-0.2, 0) is 16.1 Å². The molecule has 3 aliphatic rings. The molecule has 2 atom stereocenters. The Morgan fingerprint density at radius 3 is 3.04 bits per heavy atom. The fourth-order valence-electron chi connectivity index (χ4n) is 4.61. The third-order valence-electron chi connectivity index (χ3n) is 5.88. The van der Waals surface area contributed by atoms with Crippen molar-refractivity contribution >= 4 is 5.91 Å². The van der Waals surface area contributed by atoms with Gasteiger partial charge in [-0.05, 0) is 44.4 Å². The van der Waals surface area contributed by atoms with Gasteiger partial charge in [-0.3, -0.25) is 14.7 Å². The van der Waals surface area contributed by atoms with Crippen LogP contribution in [0.3, 0.4) is 0 Å². The van der Waals surface area contributed by atoms with Crippen molar-refractivity contribution in [1.82, 2.24) is 14.8 Å². The fourth-order valence-corrected chi connectivity index (χ4v) is 4.61. The van der Waals surface area contributed by atoms with Crippen molar-refractivity contribution in [1.29, 1.82) is 0 Å². The highest BCUT2D eigenvalue weighted by Gasteiger charge is 2.44. The van der Waals surface area contributed by atoms with E-state index in [0.717, 1.165) is 57.9 Å². The van der Waals surface area contributed by atoms with Crippen LogP contribution in [0.25, 0.3) is 0 Å². The number of hydrogen-bond acceptors (Lipinski definition) is 4. The van der Waals surface area contributed by atoms with Crippen LogP contribution in [0.5, 0.6) is 0 Å². The minimum Gasteiger partial charge on any atom is -0.381 e. The number of rotatable bonds is 3. The van der Waals surface area contributed by atoms with Gasteiger partial charge in [0.25, 0.3) is 0 Å². The summed E-state index contributed by atoms with van der Waals surface area (Å²) in [5.74, 6) is 0.430. The Labute approximate surface area is 144 Å². The van der Waals surface area contributed by atoms with Crippen LogP contribution >= 0.6 is 0 Å². The Bertz CT molecular complexity index is 573. The number of piperidine rings is 1. The molecule has 0 aliphatic carbocycles. The van der Waals surface area contributed by atoms with Gasteiger partial charge in [-0.1, -0.05) is 6.07 Å². The lowest BCUT2D eigenvalue weighted by atomic mass is 9.79. The average molecular weight is 329 g/mol. The molecule has 0 bridgehead atoms. The second-order valence-electron chi connectivity index (χ2n) is 7.71. The Kier molecular flexibility index (Phi) is 4.55. The third kappa shape index (κ3) is 3.33. The number of ether oxygens (including phenoxy) is 1. The van der Waals surface area contributed by atoms with Gasteiger partial charge in [0.1, 0.15) is 0 Å². The molecule has 0 saturated carbocycles. The second-order valence-corrected chi connectivity index (χ2v) is 7.71. The average Bonchev–Trinajstić information content (AvgIpc) is 3.26. The van der Waals surface area contributed by atoms with Gasteiger partial charge in [0.05, 0.1) is 18.2 Å². The Hall–Kier alpha value is -1.46. The SMILES string of the molecule is O=C([C@H]1CCOC1)N1CC[C@]2(CCCN(Cc3ccccn3)C2)C1. The molecule has 130 valence electrons. The first-order valence-corrected chi connectivity index (χ1v) is 9.23. The smallest absolute Gasteiger partial charge is 0.228 e. The standard InChI is InChI=1S/C19H27N3O2/c23-18(16-5-11-24-13-16)22-10-7-19(15-22)6-3-9-21(14-19)12-17-4-1-2-8-20-17/h1-2,4,8,16H,3,5-7,9-15H2/t16-,19-/m0/s1. The summed E-state index contributed by atoms with van der Waals surface area (Å²) in [7, 11) is 0. The molecule has 0 radical (unpaired) electrons. The second kappa shape index (κ2) is 6.81. The highest BCUT2D eigenvalue weighted by atomic mass is 16.5. The molecule has 24 heavy (non-hydrogen) atoms. The first-order chi connectivity index (χ1) is 11.7. The molecule has 5 nitrogen and oxygen atoms in total. The summed E-state index contributed by atoms with van der Waals surface area (Å²) in [6.07, 6.45) is 6.38. The highest BCUT2D eigenvalue weighted by Crippen LogP contribution is 2.40. The summed E-state index contributed by atoms with van der Waals surface area (Å²) < 4.78 is 5.40. The highest BCUT2D eigenvalue weighted by molar-refractivity contribution is 5.79. The molecular formula is C19H27N3O2. The quantitative estimate of drug-likeness (QED) is 0.850. The Balaban J connectivity index is 1.37. The molecule has 3 aliphatic heterocycles. The molecule has 1 amide bonds. The van der Waals surface area contributed by atoms with E-state index < -0.39 is 0 Å². The van der Waals surface area contributed by atoms with E-state index in [1.807, 2.05) is 12.3 Å². The van der Waals surface area contributed by atoms with Crippen molar-refractivity contribution in [3.05, 3.63) is 30.1 Å². The van der Waals surface area contributed by atoms with Crippen LogP contribution in [0.1, 0.15) is 31.4 Å². The molecule has 1 aromatic heterocycles. The minimum atomic E-state index is 0.105. The first-order valence-electron chi connectivity index (χ1n) is 9.23. The van der Waals surface area contributed by atoms with Crippen molar-refractivity contribution in [3.8, 4) is 0 Å². The topological polar surface area (TPSA) is 45.7 Å². The zero-order valence-corrected chi connectivity index (χ0v) is 14.3. The van der Waals surface area contributed by atoms with Crippen molar-refractivity contribution in [2.45, 2.75) is 32.2 Å². The number of hydrogen-bond donors (Lipinski definition) is 0. The zero-order chi connectivity index (χ0) is 16.4. The van der Waals surface area contributed by atoms with Gasteiger partial charge >= 0.3 is 0 Å². The summed E-state index contributed by atoms with van der Waals surface area (Å²) in [5.41, 5.74) is 1.44. The molecule has 5 heteroatoms. The number of pyridine rings is 1. The predicted octanol–water partition coefficient (Wildman–Crippen LogP) is 1.93. The third-order valence-corrected chi connectivity index (χ3v) is 5.88. The van der Waals surface area contributed by atoms with Gasteiger partial charge in [0.2, 0.25) is 5.91 Å². The Morgan fingerprint density at radius 1 is 1.29 bits per heavy atom. The van der Waals surface area contributed by atoms with E-state index in [1.165, 1.54) is 12.8 Å². The van der Waals surface area contributed by atoms with Crippen LogP contribution in [0, 0.1) is 11.3 Å². The van der Waals surface area contributed by atoms with E-state index in [4.69, 9.17) is 4.74 Å². The van der Waals surface area contributed by atoms with Gasteiger partial charge in [0, 0.05) is 44.4 Å². The Morgan fingerprint density at radius 2 is 2.25 bits per heavy atom. The maximum atomic E-state index is 12.7. The predicted molar refractivity (Wildman–Crippen MR) is 91.3 cm³/mol. The maximum absolute atomic E-state index is 12.7. The zero-order valence-electron chi connectivity index (χ0n) is 14.3. The van der Waals surface area contributed by atoms with E-state index in [0.29, 0.717) is 17.9 Å². The van der Waals surface area contributed by atoms with Crippen molar-refractivity contribution < 1.29 is 9.53 Å². The van der Waals surface area contributed by atoms with Crippen molar-refractivity contribution in [3.63, 3.8) is 0 Å². The number of carbonyl (C=O) groups is 1. The molecule has 0 aromatic carbocycles. The molecule has 3 saturated heterocycles. The van der Waals surface area contributed by atoms with Crippen LogP contribution in [0.2, 0.25) is 0 Å². The number of aromatic nitrogens is 1. The number of nitrogens with zero attached hydrogens (tertiary/aromatic N) is 3. The molecule has 1 spiro atoms. The van der Waals surface area contributed by atoms with Crippen LogP contribution in [-0.4, -0.2) is 60.1 Å². The lowest BCUT2D eigenvalue weighted by Gasteiger charge is -2.40. The van der Waals surface area contributed by atoms with Gasteiger partial charge in [-0.25, -0.2) is 0 Å². The molecule has 1 aromatic rings. The van der Waals surface area contributed by atoms with Crippen molar-refractivity contribution in [2.75, 3.05) is 39.4 Å². The van der Waals surface area contributed by atoms with Crippen LogP contribution < -0.4 is 0 Å². The van der Waals surface area contributed by atoms with E-state index in [2.05, 4.69) is 26.9 Å². The lowest BCUT2D eigenvalue weighted by Crippen LogP contribution is -2.45. The van der Waals surface area contributed by atoms with E-state index >= 15 is 0 Å². The number of likely N-dealkylation sites (tertiary alicyclic amines) is 2. The van der Waals surface area contributed by atoms with E-state index in [9.17, 15) is 4.79 Å². The number of carbonyl (C=O) groups excluding carboxylic acids is 1. The summed E-state index contributed by atoms with van der Waals surface area (Å²) >= 11 is 0. The summed E-state index contributed by atoms with van der Waals surface area (Å²) in [6.45, 7) is 6.37. The van der Waals surface area contributed by atoms with Gasteiger partial charge in [0.15, 0.2) is 0 Å². The molecule has 4 rings (SSSR count). The summed E-state index contributed by atoms with van der Waals surface area (Å²) in [5, 5.41) is 0. The van der Waals surface area contributed by atoms with Gasteiger partial charge in [-0.2, -0.15) is 0 Å². The normalized spacial score (nSPS) is 31.0. The fraction of sp³-hybridized carbons (Fsp3) is 0.684. The van der Waals surface area contributed by atoms with E-state index in [-0.39, 0.29) is 5.92 Å². The minimum absolute atomic E-state index is 0.105. The largest absolute Gasteiger partial charge is 0.381 e. The molecule has 0 unspecified atom stereocenters. The van der Waals surface area contributed by atoms with Crippen molar-refractivity contribution in [2.24, 2.45) is 11.3 Å². The summed E-state index contributed by atoms with van der Waals surface area (Å²) in [4.78, 5) is 21.8. The lowest BCUT2D eigenvalue weighted by molar-refractivity contribution is -0.135. The molecule has 4 heterocycles. The van der Waals surface area contributed by atoms with E-state index in [1.54, 1.807) is 0 Å². The van der Waals surface area contributed by atoms with Crippen LogP contribution in [0.4, 0.5) is 0 Å². The van der Waals surface area contributed by atoms with Gasteiger partial charge < -0.3 is 9.64 Å². The van der Waals surface area contributed by atoms with Gasteiger partial charge in [-0.15, -0.1) is 0 Å². The number of amides is 1. The molecular weight excluding hydrogens is 302 g/mol. The van der Waals surface area contributed by atoms with Crippen LogP contribution in [0.15, 0.2) is 24.4 Å². The maximum Gasteiger partial charge on any atom is 0.228 e. The molecule has 0 N–H and O–H groups in total. The summed E-state index contributed by atoms with van der Waals surface area (Å²) in [6, 6.07) is 6.13.